The van der Waals surface area contributed by atoms with Crippen molar-refractivity contribution in [3.05, 3.63) is 0 Å². The van der Waals surface area contributed by atoms with Crippen molar-refractivity contribution in [3.63, 3.8) is 0 Å². The summed E-state index contributed by atoms with van der Waals surface area (Å²) in [6.07, 6.45) is 2.11. The fourth-order valence-corrected chi connectivity index (χ4v) is 2.98. The topological polar surface area (TPSA) is 23.6 Å². The Labute approximate surface area is 98.8 Å². The van der Waals surface area contributed by atoms with E-state index in [2.05, 4.69) is 23.6 Å². The fourth-order valence-electron chi connectivity index (χ4n) is 2.98. The first-order valence-electron chi connectivity index (χ1n) is 6.66. The van der Waals surface area contributed by atoms with Gasteiger partial charge in [-0.3, -0.25) is 4.79 Å². The normalized spacial score (nSPS) is 33.5. The van der Waals surface area contributed by atoms with Crippen LogP contribution in [0.3, 0.4) is 0 Å². The number of Topliss-reactive ketones (excluding diaryl/α,β-unsaturated/α-hetero) is 1. The SMILES string of the molecule is CCN1CCC(CN2CCC(=O)C(C)C2)C1. The lowest BCUT2D eigenvalue weighted by atomic mass is 9.97. The lowest BCUT2D eigenvalue weighted by Crippen LogP contribution is -2.42. The van der Waals surface area contributed by atoms with Crippen LogP contribution in [0.1, 0.15) is 26.7 Å². The minimum atomic E-state index is 0.262. The van der Waals surface area contributed by atoms with Gasteiger partial charge in [0.2, 0.25) is 0 Å². The van der Waals surface area contributed by atoms with E-state index in [1.165, 1.54) is 32.6 Å². The Morgan fingerprint density at radius 1 is 1.25 bits per heavy atom. The number of likely N-dealkylation sites (tertiary alicyclic amines) is 2. The van der Waals surface area contributed by atoms with Crippen molar-refractivity contribution in [2.75, 3.05) is 39.3 Å². The first-order chi connectivity index (χ1) is 7.69. The average molecular weight is 224 g/mol. The zero-order chi connectivity index (χ0) is 11.5. The van der Waals surface area contributed by atoms with E-state index in [9.17, 15) is 4.79 Å². The Kier molecular flexibility index (Phi) is 3.98. The predicted octanol–water partition coefficient (Wildman–Crippen LogP) is 1.24. The van der Waals surface area contributed by atoms with E-state index in [1.54, 1.807) is 0 Å². The van der Waals surface area contributed by atoms with Crippen LogP contribution in [-0.2, 0) is 4.79 Å². The van der Waals surface area contributed by atoms with Crippen molar-refractivity contribution < 1.29 is 4.79 Å². The summed E-state index contributed by atoms with van der Waals surface area (Å²) in [4.78, 5) is 16.5. The monoisotopic (exact) mass is 224 g/mol. The first kappa shape index (κ1) is 12.1. The van der Waals surface area contributed by atoms with Gasteiger partial charge in [-0.2, -0.15) is 0 Å². The molecule has 2 aliphatic heterocycles. The lowest BCUT2D eigenvalue weighted by Gasteiger charge is -2.31. The molecule has 2 rings (SSSR count). The van der Waals surface area contributed by atoms with Crippen LogP contribution in [0.4, 0.5) is 0 Å². The minimum Gasteiger partial charge on any atom is -0.303 e. The fraction of sp³-hybridized carbons (Fsp3) is 0.923. The van der Waals surface area contributed by atoms with Crippen molar-refractivity contribution in [1.29, 1.82) is 0 Å². The molecule has 0 radical (unpaired) electrons. The quantitative estimate of drug-likeness (QED) is 0.720. The second kappa shape index (κ2) is 5.28. The molecule has 2 unspecified atom stereocenters. The van der Waals surface area contributed by atoms with Gasteiger partial charge in [-0.1, -0.05) is 13.8 Å². The highest BCUT2D eigenvalue weighted by Gasteiger charge is 2.27. The summed E-state index contributed by atoms with van der Waals surface area (Å²) in [7, 11) is 0. The molecule has 0 aliphatic carbocycles. The number of ketones is 1. The third-order valence-electron chi connectivity index (χ3n) is 4.09. The highest BCUT2D eigenvalue weighted by molar-refractivity contribution is 5.81. The molecule has 92 valence electrons. The van der Waals surface area contributed by atoms with Crippen LogP contribution in [0.2, 0.25) is 0 Å². The molecule has 2 aliphatic rings. The van der Waals surface area contributed by atoms with Crippen LogP contribution in [0, 0.1) is 11.8 Å². The molecule has 0 N–H and O–H groups in total. The third-order valence-corrected chi connectivity index (χ3v) is 4.09. The number of nitrogens with zero attached hydrogens (tertiary/aromatic N) is 2. The predicted molar refractivity (Wildman–Crippen MR) is 65.4 cm³/mol. The van der Waals surface area contributed by atoms with E-state index in [-0.39, 0.29) is 5.92 Å². The smallest absolute Gasteiger partial charge is 0.138 e. The van der Waals surface area contributed by atoms with E-state index in [4.69, 9.17) is 0 Å². The molecular weight excluding hydrogens is 200 g/mol. The van der Waals surface area contributed by atoms with E-state index in [0.717, 1.165) is 25.4 Å². The Hall–Kier alpha value is -0.410. The van der Waals surface area contributed by atoms with E-state index < -0.39 is 0 Å². The molecule has 16 heavy (non-hydrogen) atoms. The zero-order valence-corrected chi connectivity index (χ0v) is 10.6. The molecule has 0 bridgehead atoms. The van der Waals surface area contributed by atoms with Gasteiger partial charge in [0.1, 0.15) is 5.78 Å². The first-order valence-corrected chi connectivity index (χ1v) is 6.66. The highest BCUT2D eigenvalue weighted by Crippen LogP contribution is 2.20. The van der Waals surface area contributed by atoms with Gasteiger partial charge in [0.15, 0.2) is 0 Å². The summed E-state index contributed by atoms with van der Waals surface area (Å²) < 4.78 is 0. The van der Waals surface area contributed by atoms with Crippen LogP contribution in [0.5, 0.6) is 0 Å². The summed E-state index contributed by atoms with van der Waals surface area (Å²) >= 11 is 0. The van der Waals surface area contributed by atoms with Gasteiger partial charge in [-0.25, -0.2) is 0 Å². The molecule has 0 aromatic rings. The number of rotatable bonds is 3. The molecular formula is C13H24N2O. The third kappa shape index (κ3) is 2.83. The minimum absolute atomic E-state index is 0.262. The second-order valence-electron chi connectivity index (χ2n) is 5.42. The summed E-state index contributed by atoms with van der Waals surface area (Å²) in [6.45, 7) is 11.2. The standard InChI is InChI=1S/C13H24N2O/c1-3-14-6-4-12(9-14)10-15-7-5-13(16)11(2)8-15/h11-12H,3-10H2,1-2H3. The highest BCUT2D eigenvalue weighted by atomic mass is 16.1. The van der Waals surface area contributed by atoms with Crippen molar-refractivity contribution in [2.45, 2.75) is 26.7 Å². The van der Waals surface area contributed by atoms with E-state index >= 15 is 0 Å². The molecule has 2 heterocycles. The van der Waals surface area contributed by atoms with Gasteiger partial charge in [-0.05, 0) is 25.4 Å². The molecule has 3 nitrogen and oxygen atoms in total. The van der Waals surface area contributed by atoms with Crippen LogP contribution in [0.25, 0.3) is 0 Å². The molecule has 0 saturated carbocycles. The van der Waals surface area contributed by atoms with Crippen LogP contribution >= 0.6 is 0 Å². The van der Waals surface area contributed by atoms with E-state index in [0.29, 0.717) is 5.78 Å². The van der Waals surface area contributed by atoms with Crippen molar-refractivity contribution >= 4 is 5.78 Å². The summed E-state index contributed by atoms with van der Waals surface area (Å²) in [5.41, 5.74) is 0. The number of piperidine rings is 1. The molecule has 0 aromatic heterocycles. The average Bonchev–Trinajstić information content (AvgIpc) is 2.71. The number of carbonyl (C=O) groups is 1. The zero-order valence-electron chi connectivity index (χ0n) is 10.6. The van der Waals surface area contributed by atoms with Crippen molar-refractivity contribution in [3.8, 4) is 0 Å². The van der Waals surface area contributed by atoms with Gasteiger partial charge in [0.25, 0.3) is 0 Å². The van der Waals surface area contributed by atoms with Crippen molar-refractivity contribution in [2.24, 2.45) is 11.8 Å². The molecule has 3 heteroatoms. The van der Waals surface area contributed by atoms with Crippen LogP contribution < -0.4 is 0 Å². The molecule has 2 saturated heterocycles. The summed E-state index contributed by atoms with van der Waals surface area (Å²) in [5.74, 6) is 1.55. The van der Waals surface area contributed by atoms with Gasteiger partial charge in [0, 0.05) is 38.5 Å². The molecule has 2 fully saturated rings. The summed E-state index contributed by atoms with van der Waals surface area (Å²) in [5, 5.41) is 0. The van der Waals surface area contributed by atoms with Gasteiger partial charge in [-0.15, -0.1) is 0 Å². The van der Waals surface area contributed by atoms with Crippen molar-refractivity contribution in [1.82, 2.24) is 9.80 Å². The lowest BCUT2D eigenvalue weighted by molar-refractivity contribution is -0.125. The maximum Gasteiger partial charge on any atom is 0.138 e. The Morgan fingerprint density at radius 3 is 2.69 bits per heavy atom. The number of carbonyl (C=O) groups excluding carboxylic acids is 1. The Bertz CT molecular complexity index is 254. The molecule has 0 spiro atoms. The Balaban J connectivity index is 1.76. The van der Waals surface area contributed by atoms with Crippen LogP contribution in [-0.4, -0.2) is 54.9 Å². The van der Waals surface area contributed by atoms with Gasteiger partial charge >= 0.3 is 0 Å². The van der Waals surface area contributed by atoms with Gasteiger partial charge in [0.05, 0.1) is 0 Å². The molecule has 2 atom stereocenters. The van der Waals surface area contributed by atoms with E-state index in [1.807, 2.05) is 0 Å². The molecule has 0 aromatic carbocycles. The number of hydrogen-bond donors (Lipinski definition) is 0. The van der Waals surface area contributed by atoms with Gasteiger partial charge < -0.3 is 9.80 Å². The second-order valence-corrected chi connectivity index (χ2v) is 5.42. The number of hydrogen-bond acceptors (Lipinski definition) is 3. The summed E-state index contributed by atoms with van der Waals surface area (Å²) in [6, 6.07) is 0. The maximum atomic E-state index is 11.4. The maximum absolute atomic E-state index is 11.4. The Morgan fingerprint density at radius 2 is 2.06 bits per heavy atom. The van der Waals surface area contributed by atoms with Crippen LogP contribution in [0.15, 0.2) is 0 Å². The largest absolute Gasteiger partial charge is 0.303 e. The molecule has 0 amide bonds.